The Morgan fingerprint density at radius 1 is 1.28 bits per heavy atom. The predicted octanol–water partition coefficient (Wildman–Crippen LogP) is 3.22. The normalized spacial score (nSPS) is 10.6. The van der Waals surface area contributed by atoms with E-state index < -0.39 is 0 Å². The van der Waals surface area contributed by atoms with Crippen LogP contribution in [-0.4, -0.2) is 10.1 Å². The van der Waals surface area contributed by atoms with Crippen molar-refractivity contribution < 1.29 is 9.26 Å². The van der Waals surface area contributed by atoms with E-state index in [0.717, 1.165) is 30.0 Å². The van der Waals surface area contributed by atoms with Crippen LogP contribution in [0.4, 0.5) is 0 Å². The third-order valence-corrected chi connectivity index (χ3v) is 2.89. The van der Waals surface area contributed by atoms with E-state index in [1.165, 1.54) is 5.56 Å². The van der Waals surface area contributed by atoms with Crippen molar-refractivity contribution in [3.05, 3.63) is 41.0 Å². The minimum atomic E-state index is 0.320. The smallest absolute Gasteiger partial charge is 0.264 e. The molecule has 0 aliphatic rings. The van der Waals surface area contributed by atoms with Gasteiger partial charge in [0, 0.05) is 6.42 Å². The first-order chi connectivity index (χ1) is 8.70. The van der Waals surface area contributed by atoms with Crippen LogP contribution in [0.2, 0.25) is 0 Å². The van der Waals surface area contributed by atoms with Gasteiger partial charge in [0.15, 0.2) is 12.4 Å². The van der Waals surface area contributed by atoms with E-state index in [2.05, 4.69) is 30.1 Å². The number of nitrogens with zero attached hydrogens (tertiary/aromatic N) is 2. The van der Waals surface area contributed by atoms with Crippen LogP contribution in [0.3, 0.4) is 0 Å². The molecule has 0 N–H and O–H groups in total. The molecule has 0 radical (unpaired) electrons. The largest absolute Gasteiger partial charge is 0.483 e. The highest BCUT2D eigenvalue weighted by Gasteiger charge is 2.07. The molecule has 1 aromatic heterocycles. The SMILES string of the molecule is CCCc1noc(COc2cccc(C)c2C)n1. The Hall–Kier alpha value is -1.84. The maximum absolute atomic E-state index is 5.70. The van der Waals surface area contributed by atoms with Gasteiger partial charge in [-0.05, 0) is 37.5 Å². The summed E-state index contributed by atoms with van der Waals surface area (Å²) < 4.78 is 10.8. The monoisotopic (exact) mass is 246 g/mol. The molecule has 0 bridgehead atoms. The van der Waals surface area contributed by atoms with Gasteiger partial charge in [0.25, 0.3) is 5.89 Å². The summed E-state index contributed by atoms with van der Waals surface area (Å²) in [5, 5.41) is 3.89. The quantitative estimate of drug-likeness (QED) is 0.812. The molecule has 0 unspecified atom stereocenters. The molecule has 0 saturated carbocycles. The molecule has 0 amide bonds. The van der Waals surface area contributed by atoms with Crippen LogP contribution >= 0.6 is 0 Å². The van der Waals surface area contributed by atoms with E-state index >= 15 is 0 Å². The van der Waals surface area contributed by atoms with E-state index in [0.29, 0.717) is 12.5 Å². The zero-order valence-corrected chi connectivity index (χ0v) is 11.1. The first-order valence-electron chi connectivity index (χ1n) is 6.21. The summed E-state index contributed by atoms with van der Waals surface area (Å²) in [6.07, 6.45) is 1.85. The molecular weight excluding hydrogens is 228 g/mol. The lowest BCUT2D eigenvalue weighted by atomic mass is 10.1. The summed E-state index contributed by atoms with van der Waals surface area (Å²) in [5.74, 6) is 2.14. The van der Waals surface area contributed by atoms with Crippen LogP contribution < -0.4 is 4.74 Å². The van der Waals surface area contributed by atoms with Gasteiger partial charge in [0.1, 0.15) is 5.75 Å². The average molecular weight is 246 g/mol. The molecule has 96 valence electrons. The molecule has 18 heavy (non-hydrogen) atoms. The minimum absolute atomic E-state index is 0.320. The zero-order valence-electron chi connectivity index (χ0n) is 11.1. The number of rotatable bonds is 5. The second-order valence-electron chi connectivity index (χ2n) is 4.34. The van der Waals surface area contributed by atoms with Crippen LogP contribution in [0.1, 0.15) is 36.2 Å². The van der Waals surface area contributed by atoms with Crippen LogP contribution in [0.15, 0.2) is 22.7 Å². The van der Waals surface area contributed by atoms with Gasteiger partial charge >= 0.3 is 0 Å². The van der Waals surface area contributed by atoms with Crippen molar-refractivity contribution in [2.24, 2.45) is 0 Å². The molecule has 1 heterocycles. The van der Waals surface area contributed by atoms with Gasteiger partial charge in [-0.15, -0.1) is 0 Å². The van der Waals surface area contributed by atoms with E-state index in [1.807, 2.05) is 19.1 Å². The second-order valence-corrected chi connectivity index (χ2v) is 4.34. The lowest BCUT2D eigenvalue weighted by Gasteiger charge is -2.08. The van der Waals surface area contributed by atoms with Crippen molar-refractivity contribution >= 4 is 0 Å². The Kier molecular flexibility index (Phi) is 3.97. The first-order valence-corrected chi connectivity index (χ1v) is 6.21. The molecular formula is C14H18N2O2. The summed E-state index contributed by atoms with van der Waals surface area (Å²) in [6, 6.07) is 5.99. The number of hydrogen-bond acceptors (Lipinski definition) is 4. The summed E-state index contributed by atoms with van der Waals surface area (Å²) in [4.78, 5) is 4.26. The highest BCUT2D eigenvalue weighted by atomic mass is 16.5. The molecule has 0 fully saturated rings. The number of aromatic nitrogens is 2. The number of ether oxygens (including phenoxy) is 1. The Morgan fingerprint density at radius 2 is 2.11 bits per heavy atom. The Bertz CT molecular complexity index is 520. The van der Waals surface area contributed by atoms with Gasteiger partial charge in [-0.1, -0.05) is 24.2 Å². The van der Waals surface area contributed by atoms with Crippen molar-refractivity contribution in [1.82, 2.24) is 10.1 Å². The van der Waals surface area contributed by atoms with Gasteiger partial charge in [0.2, 0.25) is 0 Å². The van der Waals surface area contributed by atoms with Gasteiger partial charge in [-0.25, -0.2) is 0 Å². The fourth-order valence-corrected chi connectivity index (χ4v) is 1.69. The number of aryl methyl sites for hydroxylation is 2. The zero-order chi connectivity index (χ0) is 13.0. The van der Waals surface area contributed by atoms with Crippen LogP contribution in [0, 0.1) is 13.8 Å². The number of benzene rings is 1. The van der Waals surface area contributed by atoms with E-state index in [-0.39, 0.29) is 0 Å². The molecule has 0 aliphatic carbocycles. The Morgan fingerprint density at radius 3 is 2.89 bits per heavy atom. The molecule has 2 rings (SSSR count). The highest BCUT2D eigenvalue weighted by Crippen LogP contribution is 2.21. The van der Waals surface area contributed by atoms with Crippen molar-refractivity contribution in [2.45, 2.75) is 40.2 Å². The minimum Gasteiger partial charge on any atom is -0.483 e. The van der Waals surface area contributed by atoms with Crippen molar-refractivity contribution in [3.8, 4) is 5.75 Å². The van der Waals surface area contributed by atoms with Crippen LogP contribution in [0.25, 0.3) is 0 Å². The maximum atomic E-state index is 5.70. The summed E-state index contributed by atoms with van der Waals surface area (Å²) in [6.45, 7) is 6.51. The Balaban J connectivity index is 2.00. The predicted molar refractivity (Wildman–Crippen MR) is 68.5 cm³/mol. The molecule has 0 saturated heterocycles. The molecule has 1 aromatic carbocycles. The Labute approximate surface area is 107 Å². The van der Waals surface area contributed by atoms with Gasteiger partial charge in [-0.3, -0.25) is 0 Å². The second kappa shape index (κ2) is 5.67. The van der Waals surface area contributed by atoms with Gasteiger partial charge < -0.3 is 9.26 Å². The summed E-state index contributed by atoms with van der Waals surface area (Å²) in [5.41, 5.74) is 2.36. The van der Waals surface area contributed by atoms with E-state index in [9.17, 15) is 0 Å². The van der Waals surface area contributed by atoms with Gasteiger partial charge in [0.05, 0.1) is 0 Å². The summed E-state index contributed by atoms with van der Waals surface area (Å²) >= 11 is 0. The van der Waals surface area contributed by atoms with Crippen molar-refractivity contribution in [3.63, 3.8) is 0 Å². The van der Waals surface area contributed by atoms with Crippen LogP contribution in [-0.2, 0) is 13.0 Å². The third-order valence-electron chi connectivity index (χ3n) is 2.89. The lowest BCUT2D eigenvalue weighted by Crippen LogP contribution is -1.98. The van der Waals surface area contributed by atoms with Gasteiger partial charge in [-0.2, -0.15) is 4.98 Å². The first kappa shape index (κ1) is 12.6. The molecule has 0 atom stereocenters. The fraction of sp³-hybridized carbons (Fsp3) is 0.429. The molecule has 0 spiro atoms. The topological polar surface area (TPSA) is 48.2 Å². The molecule has 2 aromatic rings. The molecule has 4 nitrogen and oxygen atoms in total. The number of hydrogen-bond donors (Lipinski definition) is 0. The molecule has 0 aliphatic heterocycles. The van der Waals surface area contributed by atoms with E-state index in [4.69, 9.17) is 9.26 Å². The summed E-state index contributed by atoms with van der Waals surface area (Å²) in [7, 11) is 0. The highest BCUT2D eigenvalue weighted by molar-refractivity contribution is 5.38. The van der Waals surface area contributed by atoms with E-state index in [1.54, 1.807) is 0 Å². The fourth-order valence-electron chi connectivity index (χ4n) is 1.69. The molecule has 4 heteroatoms. The van der Waals surface area contributed by atoms with Crippen LogP contribution in [0.5, 0.6) is 5.75 Å². The maximum Gasteiger partial charge on any atom is 0.264 e. The van der Waals surface area contributed by atoms with Crippen molar-refractivity contribution in [2.75, 3.05) is 0 Å². The van der Waals surface area contributed by atoms with Crippen molar-refractivity contribution in [1.29, 1.82) is 0 Å². The third kappa shape index (κ3) is 2.88. The average Bonchev–Trinajstić information content (AvgIpc) is 2.79. The standard InChI is InChI=1S/C14H18N2O2/c1-4-6-13-15-14(18-16-13)9-17-12-8-5-7-10(2)11(12)3/h5,7-8H,4,6,9H2,1-3H3. The lowest BCUT2D eigenvalue weighted by molar-refractivity contribution is 0.241.